The SMILES string of the molecule is COc1ccc(COC(=O)C[C@H](NC(=O)OCC2c3ccccc3-c3ccccc32)C(=O)O)cc1. The molecule has 2 N–H and O–H groups in total. The van der Waals surface area contributed by atoms with Gasteiger partial charge in [-0.25, -0.2) is 9.59 Å². The Morgan fingerprint density at radius 2 is 1.49 bits per heavy atom. The molecule has 1 aliphatic carbocycles. The van der Waals surface area contributed by atoms with Gasteiger partial charge in [0.15, 0.2) is 0 Å². The molecule has 0 saturated heterocycles. The van der Waals surface area contributed by atoms with Gasteiger partial charge in [-0.1, -0.05) is 60.7 Å². The summed E-state index contributed by atoms with van der Waals surface area (Å²) in [6.07, 6.45) is -1.45. The highest BCUT2D eigenvalue weighted by Crippen LogP contribution is 2.44. The number of carbonyl (C=O) groups excluding carboxylic acids is 2. The van der Waals surface area contributed by atoms with Gasteiger partial charge in [0.2, 0.25) is 0 Å². The van der Waals surface area contributed by atoms with Gasteiger partial charge in [-0.3, -0.25) is 4.79 Å². The van der Waals surface area contributed by atoms with Crippen LogP contribution in [-0.2, 0) is 25.7 Å². The van der Waals surface area contributed by atoms with Gasteiger partial charge in [-0.15, -0.1) is 0 Å². The van der Waals surface area contributed by atoms with E-state index >= 15 is 0 Å². The minimum absolute atomic E-state index is 0.0277. The van der Waals surface area contributed by atoms with Crippen LogP contribution in [0.15, 0.2) is 72.8 Å². The first-order chi connectivity index (χ1) is 17.0. The van der Waals surface area contributed by atoms with Gasteiger partial charge in [0.25, 0.3) is 0 Å². The smallest absolute Gasteiger partial charge is 0.407 e. The van der Waals surface area contributed by atoms with E-state index in [9.17, 15) is 19.5 Å². The Balaban J connectivity index is 1.31. The van der Waals surface area contributed by atoms with Crippen molar-refractivity contribution in [2.45, 2.75) is 25.0 Å². The fourth-order valence-corrected chi connectivity index (χ4v) is 4.09. The molecule has 1 amide bonds. The summed E-state index contributed by atoms with van der Waals surface area (Å²) in [5.41, 5.74) is 4.97. The van der Waals surface area contributed by atoms with Crippen LogP contribution in [0.2, 0.25) is 0 Å². The Labute approximate surface area is 202 Å². The molecule has 0 fully saturated rings. The molecule has 1 atom stereocenters. The lowest BCUT2D eigenvalue weighted by Crippen LogP contribution is -2.43. The van der Waals surface area contributed by atoms with Crippen LogP contribution in [0.1, 0.15) is 29.0 Å². The number of methoxy groups -OCH3 is 1. The number of hydrogen-bond donors (Lipinski definition) is 2. The van der Waals surface area contributed by atoms with Crippen molar-refractivity contribution in [2.24, 2.45) is 0 Å². The average molecular weight is 475 g/mol. The summed E-state index contributed by atoms with van der Waals surface area (Å²) in [5.74, 6) is -1.61. The minimum Gasteiger partial charge on any atom is -0.497 e. The number of esters is 1. The zero-order valence-corrected chi connectivity index (χ0v) is 19.1. The van der Waals surface area contributed by atoms with Crippen molar-refractivity contribution >= 4 is 18.0 Å². The van der Waals surface area contributed by atoms with E-state index in [1.807, 2.05) is 48.5 Å². The molecular formula is C27H25NO7. The number of carbonyl (C=O) groups is 3. The molecule has 0 unspecified atom stereocenters. The number of aliphatic carboxylic acids is 1. The summed E-state index contributed by atoms with van der Waals surface area (Å²) < 4.78 is 15.6. The van der Waals surface area contributed by atoms with Crippen molar-refractivity contribution in [2.75, 3.05) is 13.7 Å². The Morgan fingerprint density at radius 1 is 0.886 bits per heavy atom. The first-order valence-corrected chi connectivity index (χ1v) is 11.1. The molecule has 0 aliphatic heterocycles. The van der Waals surface area contributed by atoms with Crippen molar-refractivity contribution in [3.8, 4) is 16.9 Å². The number of hydrogen-bond acceptors (Lipinski definition) is 6. The van der Waals surface area contributed by atoms with Gasteiger partial charge < -0.3 is 24.6 Å². The van der Waals surface area contributed by atoms with E-state index < -0.39 is 30.5 Å². The molecule has 0 aromatic heterocycles. The maximum Gasteiger partial charge on any atom is 0.407 e. The van der Waals surface area contributed by atoms with Crippen molar-refractivity contribution in [3.63, 3.8) is 0 Å². The second kappa shape index (κ2) is 10.7. The Bertz CT molecular complexity index is 1180. The van der Waals surface area contributed by atoms with Crippen LogP contribution in [0.25, 0.3) is 11.1 Å². The van der Waals surface area contributed by atoms with Crippen LogP contribution < -0.4 is 10.1 Å². The number of ether oxygens (including phenoxy) is 3. The molecule has 8 nitrogen and oxygen atoms in total. The van der Waals surface area contributed by atoms with Gasteiger partial charge in [-0.2, -0.15) is 0 Å². The van der Waals surface area contributed by atoms with Gasteiger partial charge in [0.1, 0.15) is 25.0 Å². The van der Waals surface area contributed by atoms with Crippen molar-refractivity contribution in [1.82, 2.24) is 5.32 Å². The topological polar surface area (TPSA) is 111 Å². The monoisotopic (exact) mass is 475 g/mol. The second-order valence-corrected chi connectivity index (χ2v) is 8.07. The number of fused-ring (bicyclic) bond motifs is 3. The van der Waals surface area contributed by atoms with Crippen molar-refractivity contribution < 1.29 is 33.7 Å². The molecule has 4 rings (SSSR count). The Kier molecular flexibility index (Phi) is 7.30. The average Bonchev–Trinajstić information content (AvgIpc) is 3.20. The molecule has 0 heterocycles. The molecule has 3 aromatic carbocycles. The molecular weight excluding hydrogens is 450 g/mol. The summed E-state index contributed by atoms with van der Waals surface area (Å²) in [5, 5.41) is 11.7. The number of carboxylic acids is 1. The number of carboxylic acid groups (broad SMARTS) is 1. The lowest BCUT2D eigenvalue weighted by atomic mass is 9.98. The maximum absolute atomic E-state index is 12.4. The van der Waals surface area contributed by atoms with Gasteiger partial charge >= 0.3 is 18.0 Å². The van der Waals surface area contributed by atoms with E-state index in [0.717, 1.165) is 27.8 Å². The highest BCUT2D eigenvalue weighted by Gasteiger charge is 2.30. The number of alkyl carbamates (subject to hydrolysis) is 1. The molecule has 0 radical (unpaired) electrons. The summed E-state index contributed by atoms with van der Waals surface area (Å²) in [6.45, 7) is 0.00816. The third-order valence-corrected chi connectivity index (χ3v) is 5.86. The van der Waals surface area contributed by atoms with E-state index in [-0.39, 0.29) is 19.1 Å². The Hall–Kier alpha value is -4.33. The van der Waals surface area contributed by atoms with Crippen molar-refractivity contribution in [1.29, 1.82) is 0 Å². The van der Waals surface area contributed by atoms with E-state index in [4.69, 9.17) is 14.2 Å². The summed E-state index contributed by atoms with van der Waals surface area (Å²) in [7, 11) is 1.55. The zero-order valence-electron chi connectivity index (χ0n) is 19.1. The maximum atomic E-state index is 12.4. The van der Waals surface area contributed by atoms with Crippen LogP contribution >= 0.6 is 0 Å². The lowest BCUT2D eigenvalue weighted by Gasteiger charge is -2.17. The normalized spacial score (nSPS) is 12.7. The number of rotatable bonds is 9. The first kappa shape index (κ1) is 23.8. The van der Waals surface area contributed by atoms with Gasteiger partial charge in [0, 0.05) is 5.92 Å². The summed E-state index contributed by atoms with van der Waals surface area (Å²) in [4.78, 5) is 36.2. The standard InChI is InChI=1S/C27H25NO7/c1-33-18-12-10-17(11-13-18)15-34-25(29)14-24(26(30)31)28-27(32)35-16-23-21-8-4-2-6-19(21)20-7-3-5-9-22(20)23/h2-13,23-24H,14-16H2,1H3,(H,28,32)(H,30,31)/t24-/m0/s1. The minimum atomic E-state index is -1.48. The molecule has 0 spiro atoms. The third kappa shape index (κ3) is 5.60. The van der Waals surface area contributed by atoms with Crippen LogP contribution in [0, 0.1) is 0 Å². The van der Waals surface area contributed by atoms with Gasteiger partial charge in [0.05, 0.1) is 13.5 Å². The third-order valence-electron chi connectivity index (χ3n) is 5.86. The highest BCUT2D eigenvalue weighted by atomic mass is 16.6. The highest BCUT2D eigenvalue weighted by molar-refractivity contribution is 5.85. The van der Waals surface area contributed by atoms with E-state index in [1.54, 1.807) is 31.4 Å². The molecule has 1 aliphatic rings. The summed E-state index contributed by atoms with van der Waals surface area (Å²) in [6, 6.07) is 21.2. The van der Waals surface area contributed by atoms with Crippen LogP contribution in [0.3, 0.4) is 0 Å². The molecule has 3 aromatic rings. The number of nitrogens with one attached hydrogen (secondary N) is 1. The fourth-order valence-electron chi connectivity index (χ4n) is 4.09. The predicted molar refractivity (Wildman–Crippen MR) is 127 cm³/mol. The quantitative estimate of drug-likeness (QED) is 0.448. The van der Waals surface area contributed by atoms with Gasteiger partial charge in [-0.05, 0) is 39.9 Å². The lowest BCUT2D eigenvalue weighted by molar-refractivity contribution is -0.150. The second-order valence-electron chi connectivity index (χ2n) is 8.07. The molecule has 0 saturated carbocycles. The Morgan fingerprint density at radius 3 is 2.06 bits per heavy atom. The van der Waals surface area contributed by atoms with Crippen LogP contribution in [0.4, 0.5) is 4.79 Å². The fraction of sp³-hybridized carbons (Fsp3) is 0.222. The van der Waals surface area contributed by atoms with E-state index in [1.165, 1.54) is 0 Å². The first-order valence-electron chi connectivity index (χ1n) is 11.1. The van der Waals surface area contributed by atoms with Crippen LogP contribution in [0.5, 0.6) is 5.75 Å². The molecule has 180 valence electrons. The zero-order chi connectivity index (χ0) is 24.8. The molecule has 0 bridgehead atoms. The molecule has 35 heavy (non-hydrogen) atoms. The molecule has 8 heteroatoms. The van der Waals surface area contributed by atoms with Crippen LogP contribution in [-0.4, -0.2) is 42.9 Å². The largest absolute Gasteiger partial charge is 0.497 e. The number of benzene rings is 3. The summed E-state index contributed by atoms with van der Waals surface area (Å²) >= 11 is 0. The number of amides is 1. The van der Waals surface area contributed by atoms with E-state index in [0.29, 0.717) is 5.75 Å². The predicted octanol–water partition coefficient (Wildman–Crippen LogP) is 4.12. The van der Waals surface area contributed by atoms with E-state index in [2.05, 4.69) is 5.32 Å². The van der Waals surface area contributed by atoms with Crippen molar-refractivity contribution in [3.05, 3.63) is 89.5 Å².